The Kier molecular flexibility index (Phi) is 5.11. The number of rotatable bonds is 4. The predicted octanol–water partition coefficient (Wildman–Crippen LogP) is 1.48. The molecule has 1 amide bonds. The normalized spacial score (nSPS) is 16.6. The summed E-state index contributed by atoms with van der Waals surface area (Å²) in [4.78, 5) is 13.4. The molecule has 9 heteroatoms. The lowest BCUT2D eigenvalue weighted by Gasteiger charge is -2.19. The molecule has 1 aromatic heterocycles. The van der Waals surface area contributed by atoms with E-state index in [0.717, 1.165) is 16.9 Å². The van der Waals surface area contributed by atoms with Gasteiger partial charge in [-0.1, -0.05) is 12.1 Å². The summed E-state index contributed by atoms with van der Waals surface area (Å²) in [5.41, 5.74) is 2.21. The van der Waals surface area contributed by atoms with Crippen molar-refractivity contribution in [3.63, 3.8) is 0 Å². The van der Waals surface area contributed by atoms with Crippen LogP contribution in [0.1, 0.15) is 28.5 Å². The second kappa shape index (κ2) is 7.17. The Hall–Kier alpha value is -2.25. The molecule has 2 aromatic rings. The molecule has 1 unspecified atom stereocenters. The second-order valence-electron chi connectivity index (χ2n) is 6.22. The largest absolute Gasteiger partial charge is 0.316 e. The number of carbonyl (C=O) groups is 1. The fourth-order valence-electron chi connectivity index (χ4n) is 2.88. The predicted molar refractivity (Wildman–Crippen MR) is 99.2 cm³/mol. The maximum absolute atomic E-state index is 12.3. The van der Waals surface area contributed by atoms with Crippen LogP contribution in [0.5, 0.6) is 0 Å². The summed E-state index contributed by atoms with van der Waals surface area (Å²) in [6, 6.07) is 8.34. The molecule has 0 radical (unpaired) electrons. The van der Waals surface area contributed by atoms with Gasteiger partial charge >= 0.3 is 0 Å². The van der Waals surface area contributed by atoms with Crippen LogP contribution in [0.3, 0.4) is 0 Å². The van der Waals surface area contributed by atoms with E-state index in [0.29, 0.717) is 28.7 Å². The fourth-order valence-corrected chi connectivity index (χ4v) is 4.54. The first-order valence-electron chi connectivity index (χ1n) is 7.97. The molecule has 1 atom stereocenters. The number of hydrogen-bond acceptors (Lipinski definition) is 6. The van der Waals surface area contributed by atoms with E-state index < -0.39 is 10.0 Å². The van der Waals surface area contributed by atoms with E-state index in [1.807, 2.05) is 0 Å². The van der Waals surface area contributed by atoms with Crippen molar-refractivity contribution in [2.45, 2.75) is 37.2 Å². The number of nitrogens with two attached hydrogens (primary N) is 1. The Morgan fingerprint density at radius 1 is 1.42 bits per heavy atom. The van der Waals surface area contributed by atoms with Gasteiger partial charge in [0.25, 0.3) is 0 Å². The van der Waals surface area contributed by atoms with Gasteiger partial charge in [0.15, 0.2) is 0 Å². The first-order valence-corrected chi connectivity index (χ1v) is 10.3. The number of sulfonamides is 1. The molecule has 1 aliphatic heterocycles. The first-order chi connectivity index (χ1) is 12.3. The minimum atomic E-state index is -3.75. The molecular formula is C17H18N4O3S2. The summed E-state index contributed by atoms with van der Waals surface area (Å²) in [7, 11) is -3.75. The maximum atomic E-state index is 12.3. The Balaban J connectivity index is 1.74. The lowest BCUT2D eigenvalue weighted by Crippen LogP contribution is -2.32. The summed E-state index contributed by atoms with van der Waals surface area (Å²) < 4.78 is 22.5. The highest BCUT2D eigenvalue weighted by atomic mass is 32.2. The van der Waals surface area contributed by atoms with Gasteiger partial charge < -0.3 is 10.6 Å². The summed E-state index contributed by atoms with van der Waals surface area (Å²) >= 11 is 1.42. The molecule has 0 aliphatic carbocycles. The van der Waals surface area contributed by atoms with Gasteiger partial charge in [-0.3, -0.25) is 4.79 Å². The number of hydrogen-bond donors (Lipinski definition) is 3. The lowest BCUT2D eigenvalue weighted by atomic mass is 10.00. The second-order valence-corrected chi connectivity index (χ2v) is 8.89. The third-order valence-corrected chi connectivity index (χ3v) is 6.27. The van der Waals surface area contributed by atoms with Crippen molar-refractivity contribution < 1.29 is 13.2 Å². The number of nitriles is 1. The van der Waals surface area contributed by atoms with Crippen LogP contribution < -0.4 is 15.8 Å². The highest BCUT2D eigenvalue weighted by Crippen LogP contribution is 2.35. The third kappa shape index (κ3) is 3.94. The Labute approximate surface area is 155 Å². The summed E-state index contributed by atoms with van der Waals surface area (Å²) in [5, 5.41) is 21.3. The van der Waals surface area contributed by atoms with Crippen LogP contribution in [-0.4, -0.2) is 20.4 Å². The zero-order valence-electron chi connectivity index (χ0n) is 14.1. The van der Waals surface area contributed by atoms with Crippen molar-refractivity contribution in [2.24, 2.45) is 5.14 Å². The maximum Gasteiger partial charge on any atom is 0.238 e. The number of nitrogens with zero attached hydrogens (tertiary/aromatic N) is 1. The number of anilines is 1. The van der Waals surface area contributed by atoms with Gasteiger partial charge in [-0.15, -0.1) is 11.3 Å². The van der Waals surface area contributed by atoms with Crippen molar-refractivity contribution >= 4 is 32.3 Å². The minimum Gasteiger partial charge on any atom is -0.316 e. The highest BCUT2D eigenvalue weighted by Gasteiger charge is 2.24. The molecule has 2 heterocycles. The zero-order valence-corrected chi connectivity index (χ0v) is 15.7. The van der Waals surface area contributed by atoms with Gasteiger partial charge in [0.1, 0.15) is 11.1 Å². The van der Waals surface area contributed by atoms with Crippen LogP contribution in [0.15, 0.2) is 29.2 Å². The van der Waals surface area contributed by atoms with E-state index in [1.54, 1.807) is 12.1 Å². The van der Waals surface area contributed by atoms with E-state index in [2.05, 4.69) is 23.6 Å². The van der Waals surface area contributed by atoms with Crippen LogP contribution in [0.25, 0.3) is 0 Å². The molecule has 1 aliphatic rings. The van der Waals surface area contributed by atoms with Gasteiger partial charge in [-0.25, -0.2) is 13.6 Å². The number of amides is 1. The average molecular weight is 390 g/mol. The van der Waals surface area contributed by atoms with Crippen LogP contribution in [0.4, 0.5) is 5.00 Å². The average Bonchev–Trinajstić information content (AvgIpc) is 2.90. The van der Waals surface area contributed by atoms with E-state index in [9.17, 15) is 18.5 Å². The summed E-state index contributed by atoms with van der Waals surface area (Å²) in [6.07, 6.45) is 0.840. The molecule has 0 bridgehead atoms. The molecule has 26 heavy (non-hydrogen) atoms. The molecule has 7 nitrogen and oxygen atoms in total. The van der Waals surface area contributed by atoms with Crippen LogP contribution >= 0.6 is 11.3 Å². The smallest absolute Gasteiger partial charge is 0.238 e. The van der Waals surface area contributed by atoms with Gasteiger partial charge in [0.2, 0.25) is 15.9 Å². The topological polar surface area (TPSA) is 125 Å². The number of nitrogens with one attached hydrogen (secondary N) is 2. The molecule has 0 saturated carbocycles. The van der Waals surface area contributed by atoms with Gasteiger partial charge in [0.05, 0.1) is 16.9 Å². The highest BCUT2D eigenvalue weighted by molar-refractivity contribution is 7.89. The van der Waals surface area contributed by atoms with Crippen LogP contribution in [0.2, 0.25) is 0 Å². The molecule has 3 rings (SSSR count). The molecule has 136 valence electrons. The van der Waals surface area contributed by atoms with Crippen molar-refractivity contribution in [1.82, 2.24) is 5.32 Å². The molecule has 1 aromatic carbocycles. The van der Waals surface area contributed by atoms with E-state index >= 15 is 0 Å². The molecule has 0 spiro atoms. The van der Waals surface area contributed by atoms with Gasteiger partial charge in [0, 0.05) is 17.5 Å². The fraction of sp³-hybridized carbons (Fsp3) is 0.294. The van der Waals surface area contributed by atoms with E-state index in [-0.39, 0.29) is 17.2 Å². The SMILES string of the molecule is CC1Cc2c(sc(NC(=O)Cc3ccc(S(N)(=O)=O)cc3)c2C#N)CN1. The monoisotopic (exact) mass is 390 g/mol. The van der Waals surface area contributed by atoms with Gasteiger partial charge in [-0.2, -0.15) is 5.26 Å². The van der Waals surface area contributed by atoms with Crippen molar-refractivity contribution in [2.75, 3.05) is 5.32 Å². The lowest BCUT2D eigenvalue weighted by molar-refractivity contribution is -0.115. The number of thiophene rings is 1. The zero-order chi connectivity index (χ0) is 18.9. The van der Waals surface area contributed by atoms with Crippen LogP contribution in [0, 0.1) is 11.3 Å². The number of fused-ring (bicyclic) bond motifs is 1. The molecule has 0 fully saturated rings. The minimum absolute atomic E-state index is 0.000904. The van der Waals surface area contributed by atoms with Crippen LogP contribution in [-0.2, 0) is 34.2 Å². The number of primary sulfonamides is 1. The quantitative estimate of drug-likeness (QED) is 0.729. The van der Waals surface area contributed by atoms with E-state index in [4.69, 9.17) is 5.14 Å². The Bertz CT molecular complexity index is 988. The van der Waals surface area contributed by atoms with Crippen molar-refractivity contribution in [3.05, 3.63) is 45.8 Å². The van der Waals surface area contributed by atoms with Crippen molar-refractivity contribution in [1.29, 1.82) is 5.26 Å². The van der Waals surface area contributed by atoms with Gasteiger partial charge in [-0.05, 0) is 36.6 Å². The molecule has 0 saturated heterocycles. The summed E-state index contributed by atoms with van der Waals surface area (Å²) in [6.45, 7) is 2.76. The Morgan fingerprint density at radius 2 is 2.12 bits per heavy atom. The van der Waals surface area contributed by atoms with Crippen molar-refractivity contribution in [3.8, 4) is 6.07 Å². The Morgan fingerprint density at radius 3 is 2.73 bits per heavy atom. The number of benzene rings is 1. The standard InChI is InChI=1S/C17H18N4O3S2/c1-10-6-13-14(8-18)17(25-15(13)9-20-10)21-16(22)7-11-2-4-12(5-3-11)26(19,23)24/h2-5,10,20H,6-7,9H2,1H3,(H,21,22)(H2,19,23,24). The number of carbonyl (C=O) groups excluding carboxylic acids is 1. The summed E-state index contributed by atoms with van der Waals surface area (Å²) in [5.74, 6) is -0.260. The molecular weight excluding hydrogens is 372 g/mol. The molecule has 4 N–H and O–H groups in total. The first kappa shape index (κ1) is 18.5. The van der Waals surface area contributed by atoms with E-state index in [1.165, 1.54) is 23.5 Å². The third-order valence-electron chi connectivity index (χ3n) is 4.19.